The van der Waals surface area contributed by atoms with E-state index in [-0.39, 0.29) is 11.4 Å². The molecule has 21 heavy (non-hydrogen) atoms. The van der Waals surface area contributed by atoms with Crippen molar-refractivity contribution in [3.8, 4) is 0 Å². The number of hydrogen-bond acceptors (Lipinski definition) is 4. The van der Waals surface area contributed by atoms with Crippen LogP contribution in [0.3, 0.4) is 0 Å². The van der Waals surface area contributed by atoms with E-state index in [1.807, 2.05) is 12.1 Å². The van der Waals surface area contributed by atoms with Crippen molar-refractivity contribution in [2.45, 2.75) is 24.3 Å². The Morgan fingerprint density at radius 3 is 2.52 bits per heavy atom. The summed E-state index contributed by atoms with van der Waals surface area (Å²) < 4.78 is 28.6. The molecule has 0 saturated carbocycles. The van der Waals surface area contributed by atoms with Crippen molar-refractivity contribution in [1.29, 1.82) is 0 Å². The van der Waals surface area contributed by atoms with Gasteiger partial charge in [0.1, 0.15) is 0 Å². The first-order chi connectivity index (χ1) is 10.0. The van der Waals surface area contributed by atoms with Crippen LogP contribution in [0.5, 0.6) is 0 Å². The molecule has 0 unspecified atom stereocenters. The topological polar surface area (TPSA) is 90.0 Å². The van der Waals surface area contributed by atoms with Gasteiger partial charge in [-0.15, -0.1) is 0 Å². The van der Waals surface area contributed by atoms with Crippen molar-refractivity contribution in [3.05, 3.63) is 47.8 Å². The third-order valence-electron chi connectivity index (χ3n) is 3.13. The quantitative estimate of drug-likeness (QED) is 0.791. The molecule has 2 aromatic rings. The zero-order valence-corrected chi connectivity index (χ0v) is 12.8. The van der Waals surface area contributed by atoms with Crippen molar-refractivity contribution in [2.24, 2.45) is 12.8 Å². The van der Waals surface area contributed by atoms with E-state index in [2.05, 4.69) is 9.82 Å². The summed E-state index contributed by atoms with van der Waals surface area (Å²) in [6.07, 6.45) is 5.17. The Hall–Kier alpha value is -1.70. The minimum absolute atomic E-state index is 0.227. The molecule has 0 fully saturated rings. The van der Waals surface area contributed by atoms with Crippen LogP contribution < -0.4 is 10.5 Å². The normalized spacial score (nSPS) is 11.7. The molecule has 0 aliphatic heterocycles. The lowest BCUT2D eigenvalue weighted by Crippen LogP contribution is -2.23. The Labute approximate surface area is 125 Å². The molecule has 0 aliphatic carbocycles. The molecule has 1 aromatic heterocycles. The minimum Gasteiger partial charge on any atom is -0.330 e. The van der Waals surface area contributed by atoms with Crippen LogP contribution in [0, 0.1) is 0 Å². The second-order valence-corrected chi connectivity index (χ2v) is 6.65. The molecule has 6 nitrogen and oxygen atoms in total. The fraction of sp³-hybridized carbons (Fsp3) is 0.357. The number of hydrogen-bond donors (Lipinski definition) is 2. The molecule has 0 radical (unpaired) electrons. The smallest absolute Gasteiger partial charge is 0.240 e. The molecule has 0 bridgehead atoms. The van der Waals surface area contributed by atoms with Gasteiger partial charge in [-0.25, -0.2) is 13.1 Å². The molecule has 1 heterocycles. The van der Waals surface area contributed by atoms with Crippen molar-refractivity contribution >= 4 is 10.0 Å². The van der Waals surface area contributed by atoms with Gasteiger partial charge < -0.3 is 5.73 Å². The largest absolute Gasteiger partial charge is 0.330 e. The third-order valence-corrected chi connectivity index (χ3v) is 4.55. The van der Waals surface area contributed by atoms with E-state index in [9.17, 15) is 8.42 Å². The molecule has 0 amide bonds. The predicted octanol–water partition coefficient (Wildman–Crippen LogP) is 0.790. The fourth-order valence-corrected chi connectivity index (χ4v) is 2.98. The first kappa shape index (κ1) is 15.7. The summed E-state index contributed by atoms with van der Waals surface area (Å²) >= 11 is 0. The molecule has 2 rings (SSSR count). The van der Waals surface area contributed by atoms with Gasteiger partial charge in [-0.3, -0.25) is 4.68 Å². The molecular formula is C14H20N4O2S. The van der Waals surface area contributed by atoms with E-state index in [0.29, 0.717) is 6.54 Å². The van der Waals surface area contributed by atoms with Crippen LogP contribution in [0.1, 0.15) is 17.5 Å². The molecule has 3 N–H and O–H groups in total. The van der Waals surface area contributed by atoms with Gasteiger partial charge in [0.2, 0.25) is 10.0 Å². The van der Waals surface area contributed by atoms with Crippen LogP contribution in [0.15, 0.2) is 41.6 Å². The summed E-state index contributed by atoms with van der Waals surface area (Å²) in [6.45, 7) is 0.859. The monoisotopic (exact) mass is 308 g/mol. The molecule has 0 aliphatic rings. The molecule has 0 spiro atoms. The maximum atomic E-state index is 12.2. The van der Waals surface area contributed by atoms with Crippen molar-refractivity contribution in [1.82, 2.24) is 14.5 Å². The highest BCUT2D eigenvalue weighted by Gasteiger charge is 2.13. The van der Waals surface area contributed by atoms with Gasteiger partial charge in [-0.1, -0.05) is 12.1 Å². The summed E-state index contributed by atoms with van der Waals surface area (Å²) in [4.78, 5) is 0.267. The number of nitrogens with zero attached hydrogens (tertiary/aromatic N) is 2. The van der Waals surface area contributed by atoms with Crippen LogP contribution in [0.4, 0.5) is 0 Å². The fourth-order valence-electron chi connectivity index (χ4n) is 1.97. The van der Waals surface area contributed by atoms with E-state index in [4.69, 9.17) is 5.73 Å². The van der Waals surface area contributed by atoms with E-state index in [1.165, 1.54) is 0 Å². The predicted molar refractivity (Wildman–Crippen MR) is 81.1 cm³/mol. The molecule has 1 aromatic carbocycles. The molecular weight excluding hydrogens is 288 g/mol. The highest BCUT2D eigenvalue weighted by atomic mass is 32.2. The summed E-state index contributed by atoms with van der Waals surface area (Å²) in [7, 11) is -1.71. The summed E-state index contributed by atoms with van der Waals surface area (Å²) in [5.74, 6) is 0. The Kier molecular flexibility index (Phi) is 5.11. The van der Waals surface area contributed by atoms with Crippen molar-refractivity contribution in [2.75, 3.05) is 6.54 Å². The van der Waals surface area contributed by atoms with Gasteiger partial charge >= 0.3 is 0 Å². The number of nitrogens with one attached hydrogen (secondary N) is 1. The number of rotatable bonds is 7. The van der Waals surface area contributed by atoms with Crippen LogP contribution in [0.2, 0.25) is 0 Å². The molecule has 0 atom stereocenters. The van der Waals surface area contributed by atoms with Gasteiger partial charge in [0, 0.05) is 25.4 Å². The number of aromatic nitrogens is 2. The Morgan fingerprint density at radius 1 is 1.24 bits per heavy atom. The number of nitrogens with two attached hydrogens (primary N) is 1. The lowest BCUT2D eigenvalue weighted by Gasteiger charge is -2.07. The molecule has 7 heteroatoms. The van der Waals surface area contributed by atoms with Crippen LogP contribution in [-0.2, 0) is 30.0 Å². The van der Waals surface area contributed by atoms with Gasteiger partial charge in [0.15, 0.2) is 0 Å². The molecule has 114 valence electrons. The first-order valence-corrected chi connectivity index (χ1v) is 8.26. The Bertz CT molecular complexity index is 677. The van der Waals surface area contributed by atoms with Gasteiger partial charge in [0.25, 0.3) is 0 Å². The highest BCUT2D eigenvalue weighted by Crippen LogP contribution is 2.12. The lowest BCUT2D eigenvalue weighted by atomic mass is 10.1. The average molecular weight is 308 g/mol. The van der Waals surface area contributed by atoms with Crippen molar-refractivity contribution < 1.29 is 8.42 Å². The maximum Gasteiger partial charge on any atom is 0.240 e. The third kappa shape index (κ3) is 4.38. The lowest BCUT2D eigenvalue weighted by molar-refractivity contribution is 0.581. The second kappa shape index (κ2) is 6.84. The molecule has 0 saturated heterocycles. The van der Waals surface area contributed by atoms with E-state index >= 15 is 0 Å². The van der Waals surface area contributed by atoms with E-state index in [0.717, 1.165) is 24.0 Å². The standard InChI is InChI=1S/C14H20N4O2S/c1-18-11-13(9-16-18)10-17-21(19,20)14-6-4-12(5-7-14)3-2-8-15/h4-7,9,11,17H,2-3,8,10,15H2,1H3. The van der Waals surface area contributed by atoms with E-state index < -0.39 is 10.0 Å². The summed E-state index contributed by atoms with van der Waals surface area (Å²) in [5.41, 5.74) is 7.37. The zero-order valence-electron chi connectivity index (χ0n) is 12.0. The Morgan fingerprint density at radius 2 is 1.95 bits per heavy atom. The number of aryl methyl sites for hydroxylation is 2. The van der Waals surface area contributed by atoms with Crippen molar-refractivity contribution in [3.63, 3.8) is 0 Å². The second-order valence-electron chi connectivity index (χ2n) is 4.88. The van der Waals surface area contributed by atoms with Crippen LogP contribution >= 0.6 is 0 Å². The zero-order chi connectivity index (χ0) is 15.3. The van der Waals surface area contributed by atoms with Crippen LogP contribution in [0.25, 0.3) is 0 Å². The summed E-state index contributed by atoms with van der Waals surface area (Å²) in [6, 6.07) is 6.90. The van der Waals surface area contributed by atoms with Gasteiger partial charge in [-0.2, -0.15) is 5.10 Å². The highest BCUT2D eigenvalue weighted by molar-refractivity contribution is 7.89. The first-order valence-electron chi connectivity index (χ1n) is 6.77. The minimum atomic E-state index is -3.50. The average Bonchev–Trinajstić information content (AvgIpc) is 2.89. The van der Waals surface area contributed by atoms with Gasteiger partial charge in [-0.05, 0) is 37.1 Å². The summed E-state index contributed by atoms with van der Waals surface area (Å²) in [5, 5.41) is 4.00. The maximum absolute atomic E-state index is 12.2. The number of benzene rings is 1. The number of sulfonamides is 1. The van der Waals surface area contributed by atoms with Gasteiger partial charge in [0.05, 0.1) is 11.1 Å². The Balaban J connectivity index is 2.01. The van der Waals surface area contributed by atoms with E-state index in [1.54, 1.807) is 36.3 Å². The SMILES string of the molecule is Cn1cc(CNS(=O)(=O)c2ccc(CCCN)cc2)cn1. The van der Waals surface area contributed by atoms with Crippen LogP contribution in [-0.4, -0.2) is 24.7 Å².